The number of hydrogen-bond acceptors (Lipinski definition) is 4. The van der Waals surface area contributed by atoms with Crippen molar-refractivity contribution in [1.82, 2.24) is 0 Å². The molecule has 3 rings (SSSR count). The highest BCUT2D eigenvalue weighted by Crippen LogP contribution is 2.39. The van der Waals surface area contributed by atoms with Gasteiger partial charge in [-0.2, -0.15) is 0 Å². The van der Waals surface area contributed by atoms with Gasteiger partial charge in [0, 0.05) is 17.7 Å². The predicted molar refractivity (Wildman–Crippen MR) is 77.9 cm³/mol. The highest BCUT2D eigenvalue weighted by molar-refractivity contribution is 5.78. The maximum Gasteiger partial charge on any atom is 0.328 e. The quantitative estimate of drug-likeness (QED) is 0.685. The molecule has 2 aromatic rings. The molecule has 1 aliphatic rings. The summed E-state index contributed by atoms with van der Waals surface area (Å²) in [5, 5.41) is 21.0. The normalized spacial score (nSPS) is 13.6. The average molecular weight is 285 g/mol. The zero-order valence-corrected chi connectivity index (χ0v) is 11.2. The van der Waals surface area contributed by atoms with Crippen molar-refractivity contribution in [2.24, 2.45) is 0 Å². The van der Waals surface area contributed by atoms with Gasteiger partial charge in [0.25, 0.3) is 0 Å². The minimum Gasteiger partial charge on any atom is -0.480 e. The van der Waals surface area contributed by atoms with Gasteiger partial charge in [0.05, 0.1) is 6.61 Å². The number of anilines is 1. The third-order valence-electron chi connectivity index (χ3n) is 3.50. The van der Waals surface area contributed by atoms with E-state index in [1.807, 2.05) is 30.3 Å². The van der Waals surface area contributed by atoms with Crippen molar-refractivity contribution in [3.8, 4) is 11.5 Å². The number of benzene rings is 2. The van der Waals surface area contributed by atoms with E-state index < -0.39 is 18.6 Å². The Hall–Kier alpha value is -2.53. The van der Waals surface area contributed by atoms with Crippen LogP contribution in [-0.4, -0.2) is 28.8 Å². The molecule has 2 aromatic carbocycles. The summed E-state index contributed by atoms with van der Waals surface area (Å²) in [6, 6.07) is 12.2. The van der Waals surface area contributed by atoms with Crippen molar-refractivity contribution in [2.75, 3.05) is 11.9 Å². The second-order valence-corrected chi connectivity index (χ2v) is 4.89. The number of carboxylic acid groups (broad SMARTS) is 1. The summed E-state index contributed by atoms with van der Waals surface area (Å²) in [5.74, 6) is 0.437. The van der Waals surface area contributed by atoms with Crippen LogP contribution in [0.25, 0.3) is 0 Å². The van der Waals surface area contributed by atoms with E-state index in [0.29, 0.717) is 17.9 Å². The van der Waals surface area contributed by atoms with Crippen LogP contribution in [-0.2, 0) is 11.2 Å². The first-order valence-electron chi connectivity index (χ1n) is 6.67. The molecule has 21 heavy (non-hydrogen) atoms. The molecular formula is C16H15NO4. The van der Waals surface area contributed by atoms with E-state index in [0.717, 1.165) is 16.9 Å². The summed E-state index contributed by atoms with van der Waals surface area (Å²) < 4.78 is 5.84. The molecule has 0 saturated heterocycles. The molecule has 108 valence electrons. The molecule has 0 saturated carbocycles. The molecule has 0 radical (unpaired) electrons. The summed E-state index contributed by atoms with van der Waals surface area (Å²) in [6.45, 7) is -0.476. The third-order valence-corrected chi connectivity index (χ3v) is 3.50. The molecule has 0 amide bonds. The average Bonchev–Trinajstić information content (AvgIpc) is 2.50. The summed E-state index contributed by atoms with van der Waals surface area (Å²) in [5.41, 5.74) is 2.62. The van der Waals surface area contributed by atoms with Gasteiger partial charge in [-0.1, -0.05) is 24.3 Å². The fourth-order valence-corrected chi connectivity index (χ4v) is 2.41. The van der Waals surface area contributed by atoms with Crippen molar-refractivity contribution in [1.29, 1.82) is 0 Å². The lowest BCUT2D eigenvalue weighted by atomic mass is 9.98. The Morgan fingerprint density at radius 3 is 2.71 bits per heavy atom. The number of rotatable bonds is 4. The van der Waals surface area contributed by atoms with Crippen LogP contribution in [0.1, 0.15) is 11.1 Å². The summed E-state index contributed by atoms with van der Waals surface area (Å²) >= 11 is 0. The number of carboxylic acids is 1. The van der Waals surface area contributed by atoms with E-state index in [2.05, 4.69) is 5.32 Å². The van der Waals surface area contributed by atoms with Gasteiger partial charge in [0.2, 0.25) is 0 Å². The Labute approximate surface area is 121 Å². The molecule has 0 aromatic heterocycles. The summed E-state index contributed by atoms with van der Waals surface area (Å²) in [7, 11) is 0. The molecule has 0 bridgehead atoms. The lowest BCUT2D eigenvalue weighted by Gasteiger charge is -2.24. The molecule has 3 N–H and O–H groups in total. The van der Waals surface area contributed by atoms with Crippen LogP contribution in [0.4, 0.5) is 5.69 Å². The zero-order chi connectivity index (χ0) is 14.8. The fourth-order valence-electron chi connectivity index (χ4n) is 2.41. The topological polar surface area (TPSA) is 78.8 Å². The number of aliphatic carboxylic acids is 1. The van der Waals surface area contributed by atoms with Crippen LogP contribution in [0.15, 0.2) is 42.5 Å². The van der Waals surface area contributed by atoms with Gasteiger partial charge >= 0.3 is 5.97 Å². The largest absolute Gasteiger partial charge is 0.480 e. The number of fused-ring (bicyclic) bond motifs is 2. The van der Waals surface area contributed by atoms with Crippen molar-refractivity contribution in [2.45, 2.75) is 12.5 Å². The van der Waals surface area contributed by atoms with Gasteiger partial charge < -0.3 is 20.3 Å². The number of ether oxygens (including phenoxy) is 1. The van der Waals surface area contributed by atoms with E-state index in [4.69, 9.17) is 14.9 Å². The molecule has 0 unspecified atom stereocenters. The van der Waals surface area contributed by atoms with E-state index in [-0.39, 0.29) is 0 Å². The van der Waals surface area contributed by atoms with Crippen LogP contribution in [0.3, 0.4) is 0 Å². The number of carbonyl (C=O) groups is 1. The van der Waals surface area contributed by atoms with Crippen molar-refractivity contribution in [3.05, 3.63) is 53.6 Å². The molecule has 5 heteroatoms. The van der Waals surface area contributed by atoms with Crippen LogP contribution in [0, 0.1) is 0 Å². The van der Waals surface area contributed by atoms with Gasteiger partial charge in [-0.3, -0.25) is 0 Å². The molecule has 0 spiro atoms. The van der Waals surface area contributed by atoms with Gasteiger partial charge in [-0.25, -0.2) is 4.79 Å². The molecule has 1 atom stereocenters. The number of nitrogens with one attached hydrogen (secondary N) is 1. The van der Waals surface area contributed by atoms with E-state index >= 15 is 0 Å². The summed E-state index contributed by atoms with van der Waals surface area (Å²) in [6.07, 6.45) is 0.659. The van der Waals surface area contributed by atoms with E-state index in [1.54, 1.807) is 12.1 Å². The third kappa shape index (κ3) is 2.55. The van der Waals surface area contributed by atoms with Crippen molar-refractivity contribution in [3.63, 3.8) is 0 Å². The maximum atomic E-state index is 11.0. The first-order chi connectivity index (χ1) is 10.2. The van der Waals surface area contributed by atoms with Crippen molar-refractivity contribution < 1.29 is 19.7 Å². The highest BCUT2D eigenvalue weighted by atomic mass is 16.5. The molecule has 5 nitrogen and oxygen atoms in total. The lowest BCUT2D eigenvalue weighted by Crippen LogP contribution is -2.33. The SMILES string of the molecule is O=C(O)[C@H](CO)Nc1cccc2c1Cc1ccccc1O2. The standard InChI is InChI=1S/C16H15NO4/c18-9-13(16(19)20)17-12-5-3-7-15-11(12)8-10-4-1-2-6-14(10)21-15/h1-7,13,17-18H,8-9H2,(H,19,20)/t13-/m0/s1. The van der Waals surface area contributed by atoms with Crippen LogP contribution in [0.5, 0.6) is 11.5 Å². The number of aliphatic hydroxyl groups excluding tert-OH is 1. The smallest absolute Gasteiger partial charge is 0.328 e. The minimum absolute atomic E-state index is 0.476. The first kappa shape index (κ1) is 13.5. The van der Waals surface area contributed by atoms with E-state index in [1.165, 1.54) is 0 Å². The maximum absolute atomic E-state index is 11.0. The van der Waals surface area contributed by atoms with Gasteiger partial charge in [-0.05, 0) is 23.8 Å². The highest BCUT2D eigenvalue weighted by Gasteiger charge is 2.22. The Morgan fingerprint density at radius 2 is 1.95 bits per heavy atom. The van der Waals surface area contributed by atoms with E-state index in [9.17, 15) is 4.79 Å². The molecule has 1 aliphatic heterocycles. The van der Waals surface area contributed by atoms with Crippen molar-refractivity contribution >= 4 is 11.7 Å². The number of aliphatic hydroxyl groups is 1. The van der Waals surface area contributed by atoms with Crippen LogP contribution >= 0.6 is 0 Å². The van der Waals surface area contributed by atoms with Gasteiger partial charge in [-0.15, -0.1) is 0 Å². The van der Waals surface area contributed by atoms with Crippen LogP contribution < -0.4 is 10.1 Å². The Balaban J connectivity index is 1.94. The predicted octanol–water partition coefficient (Wildman–Crippen LogP) is 2.24. The number of para-hydroxylation sites is 1. The molecule has 1 heterocycles. The number of hydrogen-bond donors (Lipinski definition) is 3. The van der Waals surface area contributed by atoms with Crippen LogP contribution in [0.2, 0.25) is 0 Å². The van der Waals surface area contributed by atoms with Gasteiger partial charge in [0.1, 0.15) is 17.5 Å². The zero-order valence-electron chi connectivity index (χ0n) is 11.2. The lowest BCUT2D eigenvalue weighted by molar-refractivity contribution is -0.138. The minimum atomic E-state index is -1.09. The monoisotopic (exact) mass is 285 g/mol. The summed E-state index contributed by atoms with van der Waals surface area (Å²) in [4.78, 5) is 11.0. The molecule has 0 fully saturated rings. The van der Waals surface area contributed by atoms with Gasteiger partial charge in [0.15, 0.2) is 0 Å². The second-order valence-electron chi connectivity index (χ2n) is 4.89. The Kier molecular flexibility index (Phi) is 3.50. The Morgan fingerprint density at radius 1 is 1.19 bits per heavy atom. The fraction of sp³-hybridized carbons (Fsp3) is 0.188. The second kappa shape index (κ2) is 5.46. The molecular weight excluding hydrogens is 270 g/mol. The molecule has 0 aliphatic carbocycles. The Bertz CT molecular complexity index is 684. The first-order valence-corrected chi connectivity index (χ1v) is 6.67.